The molecule has 1 aromatic rings. The highest BCUT2D eigenvalue weighted by atomic mass is 19.1. The Balaban J connectivity index is 3.12. The van der Waals surface area contributed by atoms with Crippen LogP contribution in [0.3, 0.4) is 0 Å². The first kappa shape index (κ1) is 8.59. The first-order valence-electron chi connectivity index (χ1n) is 3.37. The van der Waals surface area contributed by atoms with Gasteiger partial charge in [-0.15, -0.1) is 0 Å². The highest BCUT2D eigenvalue weighted by molar-refractivity contribution is 5.57. The van der Waals surface area contributed by atoms with Crippen LogP contribution in [0.15, 0.2) is 24.8 Å². The molecule has 1 N–H and O–H groups in total. The van der Waals surface area contributed by atoms with E-state index in [4.69, 9.17) is 9.84 Å². The Bertz CT molecular complexity index is 307. The minimum atomic E-state index is -0.540. The molecule has 3 heteroatoms. The van der Waals surface area contributed by atoms with E-state index in [0.29, 0.717) is 5.75 Å². The van der Waals surface area contributed by atoms with Crippen molar-refractivity contribution in [3.05, 3.63) is 36.2 Å². The Morgan fingerprint density at radius 1 is 1.58 bits per heavy atom. The molecule has 0 aliphatic rings. The van der Waals surface area contributed by atoms with E-state index in [0.717, 1.165) is 0 Å². The van der Waals surface area contributed by atoms with E-state index >= 15 is 0 Å². The maximum Gasteiger partial charge on any atom is 0.137 e. The molecular formula is C9H9FO2. The fourth-order valence-corrected chi connectivity index (χ4v) is 0.857. The van der Waals surface area contributed by atoms with Crippen molar-refractivity contribution in [2.24, 2.45) is 0 Å². The Labute approximate surface area is 69.9 Å². The highest BCUT2D eigenvalue weighted by Gasteiger charge is 2.05. The monoisotopic (exact) mass is 168 g/mol. The summed E-state index contributed by atoms with van der Waals surface area (Å²) in [5.41, 5.74) is 0.0933. The van der Waals surface area contributed by atoms with E-state index in [2.05, 4.69) is 6.58 Å². The fourth-order valence-electron chi connectivity index (χ4n) is 0.857. The van der Waals surface area contributed by atoms with Gasteiger partial charge < -0.3 is 9.84 Å². The van der Waals surface area contributed by atoms with Crippen LogP contribution in [-0.4, -0.2) is 12.2 Å². The molecule has 0 amide bonds. The van der Waals surface area contributed by atoms with Crippen molar-refractivity contribution >= 4 is 5.76 Å². The molecule has 12 heavy (non-hydrogen) atoms. The number of benzene rings is 1. The average Bonchev–Trinajstić information content (AvgIpc) is 2.03. The van der Waals surface area contributed by atoms with Crippen LogP contribution in [0.5, 0.6) is 5.75 Å². The van der Waals surface area contributed by atoms with E-state index in [1.807, 2.05) is 0 Å². The van der Waals surface area contributed by atoms with E-state index in [1.165, 1.54) is 19.2 Å². The zero-order valence-electron chi connectivity index (χ0n) is 6.67. The number of halogens is 1. The summed E-state index contributed by atoms with van der Waals surface area (Å²) in [4.78, 5) is 0. The molecule has 0 aromatic heterocycles. The third-order valence-electron chi connectivity index (χ3n) is 1.49. The Hall–Kier alpha value is -1.51. The van der Waals surface area contributed by atoms with Crippen LogP contribution in [0.2, 0.25) is 0 Å². The highest BCUT2D eigenvalue weighted by Crippen LogP contribution is 2.19. The van der Waals surface area contributed by atoms with Crippen LogP contribution in [0.1, 0.15) is 5.56 Å². The number of aliphatic hydroxyl groups excluding tert-OH is 1. The topological polar surface area (TPSA) is 29.5 Å². The molecular weight excluding hydrogens is 159 g/mol. The molecule has 0 radical (unpaired) electrons. The van der Waals surface area contributed by atoms with E-state index in [-0.39, 0.29) is 11.3 Å². The molecule has 0 aliphatic heterocycles. The van der Waals surface area contributed by atoms with Gasteiger partial charge in [0.15, 0.2) is 0 Å². The molecule has 2 nitrogen and oxygen atoms in total. The lowest BCUT2D eigenvalue weighted by Crippen LogP contribution is -1.90. The van der Waals surface area contributed by atoms with Crippen molar-refractivity contribution in [3.8, 4) is 5.75 Å². The molecule has 0 aliphatic carbocycles. The van der Waals surface area contributed by atoms with Crippen molar-refractivity contribution in [2.75, 3.05) is 7.11 Å². The molecule has 1 aromatic carbocycles. The number of methoxy groups -OCH3 is 1. The van der Waals surface area contributed by atoms with Crippen LogP contribution < -0.4 is 4.74 Å². The summed E-state index contributed by atoms with van der Waals surface area (Å²) in [6.45, 7) is 3.22. The largest absolute Gasteiger partial charge is 0.508 e. The molecule has 0 spiro atoms. The zero-order valence-corrected chi connectivity index (χ0v) is 6.67. The summed E-state index contributed by atoms with van der Waals surface area (Å²) < 4.78 is 17.8. The van der Waals surface area contributed by atoms with Gasteiger partial charge >= 0.3 is 0 Å². The van der Waals surface area contributed by atoms with Crippen molar-refractivity contribution in [2.45, 2.75) is 0 Å². The number of rotatable bonds is 2. The summed E-state index contributed by atoms with van der Waals surface area (Å²) >= 11 is 0. The SMILES string of the molecule is C=C(O)c1ccc(OC)cc1F. The van der Waals surface area contributed by atoms with Gasteiger partial charge in [0.25, 0.3) is 0 Å². The van der Waals surface area contributed by atoms with Crippen molar-refractivity contribution in [3.63, 3.8) is 0 Å². The third kappa shape index (κ3) is 1.56. The Kier molecular flexibility index (Phi) is 2.33. The molecule has 64 valence electrons. The van der Waals surface area contributed by atoms with Crippen molar-refractivity contribution in [1.82, 2.24) is 0 Å². The normalized spacial score (nSPS) is 9.50. The molecule has 0 saturated carbocycles. The molecule has 0 heterocycles. The lowest BCUT2D eigenvalue weighted by Gasteiger charge is -2.03. The van der Waals surface area contributed by atoms with Gasteiger partial charge in [0, 0.05) is 6.07 Å². The summed E-state index contributed by atoms with van der Waals surface area (Å²) in [5.74, 6) is -0.408. The van der Waals surface area contributed by atoms with Gasteiger partial charge in [-0.3, -0.25) is 0 Å². The van der Waals surface area contributed by atoms with E-state index in [9.17, 15) is 4.39 Å². The van der Waals surface area contributed by atoms with Crippen LogP contribution >= 0.6 is 0 Å². The Morgan fingerprint density at radius 3 is 2.67 bits per heavy atom. The first-order chi connectivity index (χ1) is 5.65. The predicted octanol–water partition coefficient (Wildman–Crippen LogP) is 2.36. The molecule has 0 fully saturated rings. The second kappa shape index (κ2) is 3.26. The van der Waals surface area contributed by atoms with Gasteiger partial charge in [0.05, 0.1) is 12.7 Å². The predicted molar refractivity (Wildman–Crippen MR) is 44.6 cm³/mol. The zero-order chi connectivity index (χ0) is 9.14. The standard InChI is InChI=1S/C9H9FO2/c1-6(11)8-4-3-7(12-2)5-9(8)10/h3-5,11H,1H2,2H3. The number of ether oxygens (including phenoxy) is 1. The smallest absolute Gasteiger partial charge is 0.137 e. The second-order valence-electron chi connectivity index (χ2n) is 2.29. The minimum absolute atomic E-state index is 0.0933. The minimum Gasteiger partial charge on any atom is -0.508 e. The molecule has 0 atom stereocenters. The van der Waals surface area contributed by atoms with Crippen molar-refractivity contribution in [1.29, 1.82) is 0 Å². The van der Waals surface area contributed by atoms with Gasteiger partial charge in [0.1, 0.15) is 17.3 Å². The lowest BCUT2D eigenvalue weighted by atomic mass is 10.2. The van der Waals surface area contributed by atoms with Gasteiger partial charge in [-0.1, -0.05) is 6.58 Å². The third-order valence-corrected chi connectivity index (χ3v) is 1.49. The Morgan fingerprint density at radius 2 is 2.25 bits per heavy atom. The molecule has 0 saturated heterocycles. The summed E-state index contributed by atoms with van der Waals surface area (Å²) in [5, 5.41) is 8.89. The van der Waals surface area contributed by atoms with Crippen LogP contribution in [-0.2, 0) is 0 Å². The molecule has 0 bridgehead atoms. The maximum atomic E-state index is 13.0. The van der Waals surface area contributed by atoms with Gasteiger partial charge in [0.2, 0.25) is 0 Å². The summed E-state index contributed by atoms with van der Waals surface area (Å²) in [6.07, 6.45) is 0. The molecule has 1 rings (SSSR count). The van der Waals surface area contributed by atoms with Gasteiger partial charge in [-0.25, -0.2) is 4.39 Å². The van der Waals surface area contributed by atoms with Crippen molar-refractivity contribution < 1.29 is 14.2 Å². The number of aliphatic hydroxyl groups is 1. The number of hydrogen-bond acceptors (Lipinski definition) is 2. The fraction of sp³-hybridized carbons (Fsp3) is 0.111. The first-order valence-corrected chi connectivity index (χ1v) is 3.37. The average molecular weight is 168 g/mol. The van der Waals surface area contributed by atoms with Crippen LogP contribution in [0.25, 0.3) is 5.76 Å². The summed E-state index contributed by atoms with van der Waals surface area (Å²) in [6, 6.07) is 4.16. The lowest BCUT2D eigenvalue weighted by molar-refractivity contribution is 0.410. The van der Waals surface area contributed by atoms with E-state index < -0.39 is 5.82 Å². The summed E-state index contributed by atoms with van der Waals surface area (Å²) in [7, 11) is 1.45. The molecule has 0 unspecified atom stereocenters. The van der Waals surface area contributed by atoms with Crippen LogP contribution in [0.4, 0.5) is 4.39 Å². The van der Waals surface area contributed by atoms with Gasteiger partial charge in [-0.2, -0.15) is 0 Å². The van der Waals surface area contributed by atoms with Crippen LogP contribution in [0, 0.1) is 5.82 Å². The van der Waals surface area contributed by atoms with E-state index in [1.54, 1.807) is 6.07 Å². The number of hydrogen-bond donors (Lipinski definition) is 1. The second-order valence-corrected chi connectivity index (χ2v) is 2.29. The maximum absolute atomic E-state index is 13.0. The quantitative estimate of drug-likeness (QED) is 0.687. The van der Waals surface area contributed by atoms with Gasteiger partial charge in [-0.05, 0) is 12.1 Å².